The molecule has 2 aromatic rings. The van der Waals surface area contributed by atoms with Crippen LogP contribution in [0.3, 0.4) is 0 Å². The average molecular weight is 432 g/mol. The number of nitrogens with one attached hydrogen (secondary N) is 1. The van der Waals surface area contributed by atoms with Gasteiger partial charge in [-0.05, 0) is 48.7 Å². The lowest BCUT2D eigenvalue weighted by Gasteiger charge is -2.15. The number of rotatable bonds is 8. The number of hydrogen-bond acceptors (Lipinski definition) is 6. The van der Waals surface area contributed by atoms with Gasteiger partial charge in [-0.2, -0.15) is 4.31 Å². The van der Waals surface area contributed by atoms with E-state index >= 15 is 0 Å². The molecule has 0 unspecified atom stereocenters. The summed E-state index contributed by atoms with van der Waals surface area (Å²) >= 11 is 0. The lowest BCUT2D eigenvalue weighted by Crippen LogP contribution is -2.29. The van der Waals surface area contributed by atoms with Gasteiger partial charge in [0.2, 0.25) is 10.0 Å². The van der Waals surface area contributed by atoms with Crippen LogP contribution in [0.1, 0.15) is 28.8 Å². The van der Waals surface area contributed by atoms with Crippen LogP contribution >= 0.6 is 0 Å². The van der Waals surface area contributed by atoms with Crippen molar-refractivity contribution in [3.8, 4) is 5.75 Å². The molecule has 0 atom stereocenters. The standard InChI is InChI=1S/C21H24N2O6S/c1-28-18-9-7-16(8-10-18)14-22-20(24)15-29-21(25)17-5-4-6-19(13-17)30(26,27)23-11-2-3-12-23/h4-10,13H,2-3,11-12,14-15H2,1H3,(H,22,24). The molecule has 1 heterocycles. The van der Waals surface area contributed by atoms with Crippen LogP contribution in [0.5, 0.6) is 5.75 Å². The van der Waals surface area contributed by atoms with Crippen molar-refractivity contribution < 1.29 is 27.5 Å². The van der Waals surface area contributed by atoms with Gasteiger partial charge in [0.05, 0.1) is 17.6 Å². The van der Waals surface area contributed by atoms with E-state index in [1.807, 2.05) is 12.1 Å². The highest BCUT2D eigenvalue weighted by atomic mass is 32.2. The van der Waals surface area contributed by atoms with Crippen LogP contribution in [-0.4, -0.2) is 51.4 Å². The molecule has 160 valence electrons. The first-order valence-corrected chi connectivity index (χ1v) is 11.0. The Morgan fingerprint density at radius 2 is 1.77 bits per heavy atom. The zero-order chi connectivity index (χ0) is 21.6. The third-order valence-corrected chi connectivity index (χ3v) is 6.65. The van der Waals surface area contributed by atoms with E-state index in [0.29, 0.717) is 18.8 Å². The Bertz CT molecular complexity index is 998. The van der Waals surface area contributed by atoms with Crippen molar-refractivity contribution in [2.45, 2.75) is 24.3 Å². The normalized spacial score (nSPS) is 14.3. The summed E-state index contributed by atoms with van der Waals surface area (Å²) in [5.74, 6) is -0.499. The summed E-state index contributed by atoms with van der Waals surface area (Å²) in [4.78, 5) is 24.3. The SMILES string of the molecule is COc1ccc(CNC(=O)COC(=O)c2cccc(S(=O)(=O)N3CCCC3)c2)cc1. The minimum Gasteiger partial charge on any atom is -0.497 e. The lowest BCUT2D eigenvalue weighted by molar-refractivity contribution is -0.124. The quantitative estimate of drug-likeness (QED) is 0.640. The number of sulfonamides is 1. The van der Waals surface area contributed by atoms with Crippen molar-refractivity contribution >= 4 is 21.9 Å². The zero-order valence-corrected chi connectivity index (χ0v) is 17.5. The molecular weight excluding hydrogens is 408 g/mol. The first-order chi connectivity index (χ1) is 14.4. The fourth-order valence-electron chi connectivity index (χ4n) is 3.07. The van der Waals surface area contributed by atoms with Crippen molar-refractivity contribution in [3.63, 3.8) is 0 Å². The summed E-state index contributed by atoms with van der Waals surface area (Å²) in [6.45, 7) is 0.777. The number of nitrogens with zero attached hydrogens (tertiary/aromatic N) is 1. The summed E-state index contributed by atoms with van der Waals surface area (Å²) in [5.41, 5.74) is 0.952. The van der Waals surface area contributed by atoms with Crippen molar-refractivity contribution in [3.05, 3.63) is 59.7 Å². The average Bonchev–Trinajstić information content (AvgIpc) is 3.32. The molecule has 2 aromatic carbocycles. The Balaban J connectivity index is 1.53. The molecule has 0 spiro atoms. The monoisotopic (exact) mass is 432 g/mol. The Labute approximate surface area is 175 Å². The van der Waals surface area contributed by atoms with E-state index in [2.05, 4.69) is 5.32 Å². The van der Waals surface area contributed by atoms with Crippen molar-refractivity contribution in [1.82, 2.24) is 9.62 Å². The molecular formula is C21H24N2O6S. The number of hydrogen-bond donors (Lipinski definition) is 1. The predicted molar refractivity (Wildman–Crippen MR) is 110 cm³/mol. The van der Waals surface area contributed by atoms with Crippen molar-refractivity contribution in [1.29, 1.82) is 0 Å². The fourth-order valence-corrected chi connectivity index (χ4v) is 4.63. The molecule has 1 fully saturated rings. The maximum absolute atomic E-state index is 12.6. The van der Waals surface area contributed by atoms with Crippen LogP contribution in [-0.2, 0) is 26.1 Å². The fraction of sp³-hybridized carbons (Fsp3) is 0.333. The number of benzene rings is 2. The van der Waals surface area contributed by atoms with E-state index in [1.54, 1.807) is 19.2 Å². The molecule has 0 saturated carbocycles. The van der Waals surface area contributed by atoms with Crippen LogP contribution in [0.25, 0.3) is 0 Å². The highest BCUT2D eigenvalue weighted by Gasteiger charge is 2.27. The van der Waals surface area contributed by atoms with Gasteiger partial charge < -0.3 is 14.8 Å². The molecule has 0 bridgehead atoms. The maximum atomic E-state index is 12.6. The zero-order valence-electron chi connectivity index (χ0n) is 16.7. The van der Waals surface area contributed by atoms with Gasteiger partial charge in [-0.3, -0.25) is 4.79 Å². The van der Waals surface area contributed by atoms with E-state index in [4.69, 9.17) is 9.47 Å². The van der Waals surface area contributed by atoms with E-state index in [-0.39, 0.29) is 17.0 Å². The Hall–Kier alpha value is -2.91. The molecule has 1 N–H and O–H groups in total. The smallest absolute Gasteiger partial charge is 0.338 e. The minimum atomic E-state index is -3.63. The van der Waals surface area contributed by atoms with E-state index in [0.717, 1.165) is 18.4 Å². The van der Waals surface area contributed by atoms with Crippen LogP contribution in [0, 0.1) is 0 Å². The predicted octanol–water partition coefficient (Wildman–Crippen LogP) is 1.95. The molecule has 1 amide bonds. The first kappa shape index (κ1) is 21.8. The first-order valence-electron chi connectivity index (χ1n) is 9.57. The Kier molecular flexibility index (Phi) is 7.07. The molecule has 3 rings (SSSR count). The number of methoxy groups -OCH3 is 1. The second-order valence-corrected chi connectivity index (χ2v) is 8.78. The number of esters is 1. The molecule has 1 saturated heterocycles. The van der Waals surface area contributed by atoms with E-state index < -0.39 is 28.5 Å². The van der Waals surface area contributed by atoms with Gasteiger partial charge in [-0.15, -0.1) is 0 Å². The summed E-state index contributed by atoms with van der Waals surface area (Å²) in [6, 6.07) is 12.9. The third kappa shape index (κ3) is 5.37. The summed E-state index contributed by atoms with van der Waals surface area (Å²) in [5, 5.41) is 2.66. The van der Waals surface area contributed by atoms with Crippen LogP contribution in [0.15, 0.2) is 53.4 Å². The Morgan fingerprint density at radius 3 is 2.43 bits per heavy atom. The van der Waals surface area contributed by atoms with Crippen LogP contribution in [0.4, 0.5) is 0 Å². The minimum absolute atomic E-state index is 0.0443. The highest BCUT2D eigenvalue weighted by molar-refractivity contribution is 7.89. The van der Waals surface area contributed by atoms with Gasteiger partial charge in [0.1, 0.15) is 5.75 Å². The van der Waals surface area contributed by atoms with Crippen molar-refractivity contribution in [2.75, 3.05) is 26.8 Å². The highest BCUT2D eigenvalue weighted by Crippen LogP contribution is 2.21. The lowest BCUT2D eigenvalue weighted by atomic mass is 10.2. The van der Waals surface area contributed by atoms with Crippen molar-refractivity contribution in [2.24, 2.45) is 0 Å². The van der Waals surface area contributed by atoms with Gasteiger partial charge in [0.25, 0.3) is 5.91 Å². The van der Waals surface area contributed by atoms with Gasteiger partial charge in [0.15, 0.2) is 6.61 Å². The molecule has 1 aliphatic heterocycles. The molecule has 1 aliphatic rings. The number of carbonyl (C=O) groups is 2. The Morgan fingerprint density at radius 1 is 1.07 bits per heavy atom. The van der Waals surface area contributed by atoms with Gasteiger partial charge in [0, 0.05) is 19.6 Å². The second-order valence-electron chi connectivity index (χ2n) is 6.84. The molecule has 0 aromatic heterocycles. The van der Waals surface area contributed by atoms with Crippen LogP contribution < -0.4 is 10.1 Å². The topological polar surface area (TPSA) is 102 Å². The summed E-state index contributed by atoms with van der Waals surface area (Å²) in [7, 11) is -2.06. The molecule has 0 aliphatic carbocycles. The third-order valence-electron chi connectivity index (χ3n) is 4.76. The maximum Gasteiger partial charge on any atom is 0.338 e. The van der Waals surface area contributed by atoms with E-state index in [9.17, 15) is 18.0 Å². The van der Waals surface area contributed by atoms with Crippen LogP contribution in [0.2, 0.25) is 0 Å². The number of amides is 1. The molecule has 8 nitrogen and oxygen atoms in total. The van der Waals surface area contributed by atoms with Gasteiger partial charge >= 0.3 is 5.97 Å². The second kappa shape index (κ2) is 9.73. The molecule has 30 heavy (non-hydrogen) atoms. The van der Waals surface area contributed by atoms with Gasteiger partial charge in [-0.1, -0.05) is 18.2 Å². The van der Waals surface area contributed by atoms with E-state index in [1.165, 1.54) is 28.6 Å². The summed E-state index contributed by atoms with van der Waals surface area (Å²) in [6.07, 6.45) is 1.65. The number of carbonyl (C=O) groups excluding carboxylic acids is 2. The largest absolute Gasteiger partial charge is 0.497 e. The van der Waals surface area contributed by atoms with Gasteiger partial charge in [-0.25, -0.2) is 13.2 Å². The molecule has 9 heteroatoms. The number of ether oxygens (including phenoxy) is 2. The molecule has 0 radical (unpaired) electrons. The summed E-state index contributed by atoms with van der Waals surface area (Å²) < 4.78 is 36.8.